The van der Waals surface area contributed by atoms with E-state index in [1.807, 2.05) is 13.0 Å². The first-order valence-corrected chi connectivity index (χ1v) is 7.64. The van der Waals surface area contributed by atoms with Crippen molar-refractivity contribution in [2.24, 2.45) is 5.10 Å². The molecule has 1 aromatic carbocycles. The van der Waals surface area contributed by atoms with Gasteiger partial charge in [-0.25, -0.2) is 5.43 Å². The van der Waals surface area contributed by atoms with E-state index in [0.717, 1.165) is 30.5 Å². The predicted molar refractivity (Wildman–Crippen MR) is 85.6 cm³/mol. The Morgan fingerprint density at radius 2 is 2.00 bits per heavy atom. The third-order valence-corrected chi connectivity index (χ3v) is 3.45. The van der Waals surface area contributed by atoms with Crippen LogP contribution in [0.1, 0.15) is 51.5 Å². The van der Waals surface area contributed by atoms with Gasteiger partial charge in [-0.05, 0) is 25.0 Å². The summed E-state index contributed by atoms with van der Waals surface area (Å²) >= 11 is 12.0. The standard InChI is InChI=1S/C15H20Cl2N2O/c1-3-5-6-7-15(20)19-18-14(4-2)12-9-8-11(16)10-13(12)17/h8-10H,3-7H2,1-2H3,(H,19,20)/b18-14+. The van der Waals surface area contributed by atoms with Gasteiger partial charge in [0.2, 0.25) is 5.91 Å². The predicted octanol–water partition coefficient (Wildman–Crippen LogP) is 4.80. The number of nitrogens with zero attached hydrogens (tertiary/aromatic N) is 1. The lowest BCUT2D eigenvalue weighted by molar-refractivity contribution is -0.121. The lowest BCUT2D eigenvalue weighted by Crippen LogP contribution is -2.19. The molecule has 20 heavy (non-hydrogen) atoms. The fraction of sp³-hybridized carbons (Fsp3) is 0.467. The van der Waals surface area contributed by atoms with Crippen molar-refractivity contribution in [3.05, 3.63) is 33.8 Å². The van der Waals surface area contributed by atoms with Crippen molar-refractivity contribution in [3.8, 4) is 0 Å². The molecule has 0 radical (unpaired) electrons. The van der Waals surface area contributed by atoms with Gasteiger partial charge in [-0.3, -0.25) is 4.79 Å². The number of unbranched alkanes of at least 4 members (excludes halogenated alkanes) is 2. The molecule has 110 valence electrons. The van der Waals surface area contributed by atoms with Gasteiger partial charge in [-0.1, -0.05) is 56.0 Å². The van der Waals surface area contributed by atoms with E-state index in [1.54, 1.807) is 12.1 Å². The molecule has 0 bridgehead atoms. The molecule has 0 saturated heterocycles. The van der Waals surface area contributed by atoms with Gasteiger partial charge in [0.1, 0.15) is 0 Å². The molecule has 1 aromatic rings. The first-order chi connectivity index (χ1) is 9.58. The summed E-state index contributed by atoms with van der Waals surface area (Å²) in [5.74, 6) is -0.0607. The van der Waals surface area contributed by atoms with Gasteiger partial charge in [0.15, 0.2) is 0 Å². The maximum Gasteiger partial charge on any atom is 0.240 e. The van der Waals surface area contributed by atoms with E-state index in [9.17, 15) is 4.79 Å². The second-order valence-corrected chi connectivity index (χ2v) is 5.37. The number of hydrogen-bond donors (Lipinski definition) is 1. The van der Waals surface area contributed by atoms with Crippen LogP contribution in [0.25, 0.3) is 0 Å². The summed E-state index contributed by atoms with van der Waals surface area (Å²) in [6, 6.07) is 5.25. The van der Waals surface area contributed by atoms with Crippen LogP contribution in [0.5, 0.6) is 0 Å². The molecular formula is C15H20Cl2N2O. The molecule has 0 unspecified atom stereocenters. The number of hydrogen-bond acceptors (Lipinski definition) is 2. The Kier molecular flexibility index (Phi) is 7.63. The van der Waals surface area contributed by atoms with Gasteiger partial charge >= 0.3 is 0 Å². The fourth-order valence-corrected chi connectivity index (χ4v) is 2.29. The summed E-state index contributed by atoms with van der Waals surface area (Å²) in [4.78, 5) is 11.6. The molecule has 3 nitrogen and oxygen atoms in total. The number of hydrazone groups is 1. The number of nitrogens with one attached hydrogen (secondary N) is 1. The number of rotatable bonds is 7. The van der Waals surface area contributed by atoms with Gasteiger partial charge in [0.05, 0.1) is 10.7 Å². The lowest BCUT2D eigenvalue weighted by Gasteiger charge is -2.07. The Labute approximate surface area is 130 Å². The zero-order valence-electron chi connectivity index (χ0n) is 11.9. The second-order valence-electron chi connectivity index (χ2n) is 4.53. The smallest absolute Gasteiger partial charge is 0.240 e. The second kappa shape index (κ2) is 8.98. The minimum atomic E-state index is -0.0607. The maximum atomic E-state index is 11.6. The van der Waals surface area contributed by atoms with Crippen molar-refractivity contribution < 1.29 is 4.79 Å². The van der Waals surface area contributed by atoms with E-state index in [0.29, 0.717) is 22.9 Å². The van der Waals surface area contributed by atoms with Crippen molar-refractivity contribution in [2.75, 3.05) is 0 Å². The van der Waals surface area contributed by atoms with Crippen molar-refractivity contribution in [1.82, 2.24) is 5.43 Å². The van der Waals surface area contributed by atoms with Crippen LogP contribution in [0.4, 0.5) is 0 Å². The molecule has 0 atom stereocenters. The monoisotopic (exact) mass is 314 g/mol. The first-order valence-electron chi connectivity index (χ1n) is 6.89. The molecule has 1 rings (SSSR count). The van der Waals surface area contributed by atoms with Crippen molar-refractivity contribution in [1.29, 1.82) is 0 Å². The molecule has 0 fully saturated rings. The average molecular weight is 315 g/mol. The fourth-order valence-electron chi connectivity index (χ4n) is 1.77. The Balaban J connectivity index is 2.70. The molecule has 5 heteroatoms. The Bertz CT molecular complexity index is 487. The van der Waals surface area contributed by atoms with E-state index in [2.05, 4.69) is 17.5 Å². The van der Waals surface area contributed by atoms with Crippen LogP contribution in [-0.2, 0) is 4.79 Å². The van der Waals surface area contributed by atoms with Crippen LogP contribution >= 0.6 is 23.2 Å². The van der Waals surface area contributed by atoms with Crippen molar-refractivity contribution in [2.45, 2.75) is 46.0 Å². The maximum absolute atomic E-state index is 11.6. The van der Waals surface area contributed by atoms with E-state index in [-0.39, 0.29) is 5.91 Å². The molecule has 0 saturated carbocycles. The SMILES string of the molecule is CCCCCC(=O)N/N=C(\CC)c1ccc(Cl)cc1Cl. The first kappa shape index (κ1) is 17.0. The highest BCUT2D eigenvalue weighted by atomic mass is 35.5. The Morgan fingerprint density at radius 3 is 2.60 bits per heavy atom. The van der Waals surface area contributed by atoms with E-state index in [1.165, 1.54) is 0 Å². The Hall–Kier alpha value is -1.06. The van der Waals surface area contributed by atoms with Crippen LogP contribution in [0.15, 0.2) is 23.3 Å². The van der Waals surface area contributed by atoms with Gasteiger partial charge in [0, 0.05) is 17.0 Å². The zero-order chi connectivity index (χ0) is 15.0. The molecule has 1 N–H and O–H groups in total. The molecule has 0 aliphatic carbocycles. The van der Waals surface area contributed by atoms with Gasteiger partial charge in [-0.15, -0.1) is 0 Å². The summed E-state index contributed by atoms with van der Waals surface area (Å²) in [7, 11) is 0. The van der Waals surface area contributed by atoms with E-state index < -0.39 is 0 Å². The number of benzene rings is 1. The summed E-state index contributed by atoms with van der Waals surface area (Å²) in [6.07, 6.45) is 4.22. The minimum Gasteiger partial charge on any atom is -0.273 e. The normalized spacial score (nSPS) is 11.5. The highest BCUT2D eigenvalue weighted by Crippen LogP contribution is 2.22. The zero-order valence-corrected chi connectivity index (χ0v) is 13.4. The van der Waals surface area contributed by atoms with Crippen LogP contribution in [0, 0.1) is 0 Å². The average Bonchev–Trinajstić information content (AvgIpc) is 2.41. The third-order valence-electron chi connectivity index (χ3n) is 2.90. The topological polar surface area (TPSA) is 41.5 Å². The van der Waals surface area contributed by atoms with Gasteiger partial charge in [-0.2, -0.15) is 5.10 Å². The summed E-state index contributed by atoms with van der Waals surface area (Å²) in [5, 5.41) is 5.29. The van der Waals surface area contributed by atoms with Crippen LogP contribution in [0.2, 0.25) is 10.0 Å². The molecular weight excluding hydrogens is 295 g/mol. The summed E-state index contributed by atoms with van der Waals surface area (Å²) in [6.45, 7) is 4.07. The molecule has 1 amide bonds. The largest absolute Gasteiger partial charge is 0.273 e. The number of carbonyl (C=O) groups is 1. The quantitative estimate of drug-likeness (QED) is 0.438. The molecule has 0 spiro atoms. The molecule has 0 aromatic heterocycles. The highest BCUT2D eigenvalue weighted by molar-refractivity contribution is 6.37. The van der Waals surface area contributed by atoms with E-state index >= 15 is 0 Å². The summed E-state index contributed by atoms with van der Waals surface area (Å²) < 4.78 is 0. The number of halogens is 2. The van der Waals surface area contributed by atoms with E-state index in [4.69, 9.17) is 23.2 Å². The van der Waals surface area contributed by atoms with Crippen molar-refractivity contribution >= 4 is 34.8 Å². The van der Waals surface area contributed by atoms with Crippen molar-refractivity contribution in [3.63, 3.8) is 0 Å². The van der Waals surface area contributed by atoms with Crippen LogP contribution in [0.3, 0.4) is 0 Å². The van der Waals surface area contributed by atoms with Crippen LogP contribution < -0.4 is 5.43 Å². The van der Waals surface area contributed by atoms with Gasteiger partial charge < -0.3 is 0 Å². The third kappa shape index (κ3) is 5.51. The van der Waals surface area contributed by atoms with Gasteiger partial charge in [0.25, 0.3) is 0 Å². The van der Waals surface area contributed by atoms with Crippen LogP contribution in [-0.4, -0.2) is 11.6 Å². The highest BCUT2D eigenvalue weighted by Gasteiger charge is 2.08. The lowest BCUT2D eigenvalue weighted by atomic mass is 10.1. The molecule has 0 heterocycles. The number of amides is 1. The molecule has 0 aliphatic rings. The minimum absolute atomic E-state index is 0.0607. The molecule has 0 aliphatic heterocycles. The summed E-state index contributed by atoms with van der Waals surface area (Å²) in [5.41, 5.74) is 4.13. The number of carbonyl (C=O) groups excluding carboxylic acids is 1. The Morgan fingerprint density at radius 1 is 1.25 bits per heavy atom.